The lowest BCUT2D eigenvalue weighted by Gasteiger charge is -2.32. The SMILES string of the molecule is O=C(Nc1cc2c(cc1Cl)OCCCO2)C1CCN(c2ccc3nncn3n2)CC1. The van der Waals surface area contributed by atoms with Crippen molar-refractivity contribution < 1.29 is 14.3 Å². The second-order valence-electron chi connectivity index (χ2n) is 7.41. The fraction of sp³-hybridized carbons (Fsp3) is 0.400. The molecule has 2 aliphatic rings. The minimum Gasteiger partial charge on any atom is -0.490 e. The number of aromatic nitrogens is 4. The van der Waals surface area contributed by atoms with Gasteiger partial charge in [0.05, 0.1) is 23.9 Å². The highest BCUT2D eigenvalue weighted by Crippen LogP contribution is 2.38. The van der Waals surface area contributed by atoms with Crippen molar-refractivity contribution >= 4 is 34.7 Å². The monoisotopic (exact) mass is 428 g/mol. The fourth-order valence-corrected chi connectivity index (χ4v) is 3.97. The van der Waals surface area contributed by atoms with Crippen molar-refractivity contribution in [2.75, 3.05) is 36.5 Å². The predicted molar refractivity (Wildman–Crippen MR) is 111 cm³/mol. The van der Waals surface area contributed by atoms with Crippen LogP contribution >= 0.6 is 11.6 Å². The Morgan fingerprint density at radius 3 is 2.70 bits per heavy atom. The van der Waals surface area contributed by atoms with Gasteiger partial charge >= 0.3 is 0 Å². The van der Waals surface area contributed by atoms with Crippen LogP contribution in [0.4, 0.5) is 11.5 Å². The van der Waals surface area contributed by atoms with E-state index in [1.165, 1.54) is 0 Å². The summed E-state index contributed by atoms with van der Waals surface area (Å²) in [5.41, 5.74) is 1.26. The highest BCUT2D eigenvalue weighted by atomic mass is 35.5. The van der Waals surface area contributed by atoms with Gasteiger partial charge in [0.1, 0.15) is 12.1 Å². The number of carbonyl (C=O) groups excluding carboxylic acids is 1. The van der Waals surface area contributed by atoms with Crippen molar-refractivity contribution in [1.29, 1.82) is 0 Å². The van der Waals surface area contributed by atoms with Gasteiger partial charge in [-0.25, -0.2) is 0 Å². The van der Waals surface area contributed by atoms with E-state index in [1.807, 2.05) is 12.1 Å². The molecule has 0 unspecified atom stereocenters. The zero-order chi connectivity index (χ0) is 20.5. The topological polar surface area (TPSA) is 93.9 Å². The van der Waals surface area contributed by atoms with Crippen molar-refractivity contribution in [3.63, 3.8) is 0 Å². The molecule has 1 fully saturated rings. The number of ether oxygens (including phenoxy) is 2. The first-order valence-electron chi connectivity index (χ1n) is 9.99. The number of halogens is 1. The Kier molecular flexibility index (Phi) is 5.04. The minimum absolute atomic E-state index is 0.0340. The summed E-state index contributed by atoms with van der Waals surface area (Å²) in [4.78, 5) is 15.0. The van der Waals surface area contributed by atoms with E-state index in [1.54, 1.807) is 23.0 Å². The molecule has 2 aromatic heterocycles. The quantitative estimate of drug-likeness (QED) is 0.685. The van der Waals surface area contributed by atoms with Gasteiger partial charge in [-0.1, -0.05) is 11.6 Å². The Balaban J connectivity index is 1.23. The van der Waals surface area contributed by atoms with Crippen LogP contribution in [0.3, 0.4) is 0 Å². The number of hydrogen-bond donors (Lipinski definition) is 1. The van der Waals surface area contributed by atoms with Gasteiger partial charge < -0.3 is 19.7 Å². The summed E-state index contributed by atoms with van der Waals surface area (Å²) in [6.45, 7) is 2.66. The van der Waals surface area contributed by atoms with Crippen LogP contribution < -0.4 is 19.7 Å². The molecule has 1 amide bonds. The van der Waals surface area contributed by atoms with Gasteiger partial charge in [0.2, 0.25) is 5.91 Å². The number of fused-ring (bicyclic) bond motifs is 2. The molecule has 0 aliphatic carbocycles. The lowest BCUT2D eigenvalue weighted by Crippen LogP contribution is -2.38. The fourth-order valence-electron chi connectivity index (χ4n) is 3.77. The van der Waals surface area contributed by atoms with E-state index >= 15 is 0 Å². The molecule has 0 bridgehead atoms. The molecule has 2 aliphatic heterocycles. The number of rotatable bonds is 3. The van der Waals surface area contributed by atoms with Gasteiger partial charge in [0.15, 0.2) is 17.1 Å². The summed E-state index contributed by atoms with van der Waals surface area (Å²) in [6, 6.07) is 7.27. The van der Waals surface area contributed by atoms with E-state index in [0.717, 1.165) is 38.2 Å². The smallest absolute Gasteiger partial charge is 0.227 e. The molecule has 30 heavy (non-hydrogen) atoms. The molecular weight excluding hydrogens is 408 g/mol. The molecule has 3 aromatic rings. The maximum absolute atomic E-state index is 12.8. The van der Waals surface area contributed by atoms with Crippen molar-refractivity contribution in [2.45, 2.75) is 19.3 Å². The lowest BCUT2D eigenvalue weighted by atomic mass is 9.96. The van der Waals surface area contributed by atoms with Gasteiger partial charge in [-0.15, -0.1) is 15.3 Å². The third kappa shape index (κ3) is 3.72. The molecule has 10 heteroatoms. The number of nitrogens with zero attached hydrogens (tertiary/aromatic N) is 5. The summed E-state index contributed by atoms with van der Waals surface area (Å²) < 4.78 is 13.0. The molecule has 156 valence electrons. The van der Waals surface area contributed by atoms with Crippen LogP contribution in [0.15, 0.2) is 30.6 Å². The predicted octanol–water partition coefficient (Wildman–Crippen LogP) is 2.79. The summed E-state index contributed by atoms with van der Waals surface area (Å²) >= 11 is 6.36. The number of carbonyl (C=O) groups is 1. The highest BCUT2D eigenvalue weighted by Gasteiger charge is 2.27. The van der Waals surface area contributed by atoms with Crippen LogP contribution in [0.1, 0.15) is 19.3 Å². The third-order valence-corrected chi connectivity index (χ3v) is 5.75. The second kappa shape index (κ2) is 7.98. The molecule has 1 N–H and O–H groups in total. The first-order chi connectivity index (χ1) is 14.7. The number of amides is 1. The van der Waals surface area contributed by atoms with E-state index < -0.39 is 0 Å². The number of benzene rings is 1. The van der Waals surface area contributed by atoms with Gasteiger partial charge in [0.25, 0.3) is 0 Å². The molecule has 9 nitrogen and oxygen atoms in total. The molecule has 4 heterocycles. The molecule has 1 aromatic carbocycles. The Morgan fingerprint density at radius 2 is 1.90 bits per heavy atom. The average molecular weight is 429 g/mol. The Labute approximate surface area is 177 Å². The van der Waals surface area contributed by atoms with Crippen molar-refractivity contribution in [3.05, 3.63) is 35.6 Å². The van der Waals surface area contributed by atoms with Crippen LogP contribution in [0, 0.1) is 5.92 Å². The zero-order valence-corrected chi connectivity index (χ0v) is 17.0. The lowest BCUT2D eigenvalue weighted by molar-refractivity contribution is -0.120. The summed E-state index contributed by atoms with van der Waals surface area (Å²) in [7, 11) is 0. The van der Waals surface area contributed by atoms with E-state index in [-0.39, 0.29) is 11.8 Å². The van der Waals surface area contributed by atoms with Crippen molar-refractivity contribution in [1.82, 2.24) is 19.8 Å². The summed E-state index contributed by atoms with van der Waals surface area (Å²) in [6.07, 6.45) is 3.86. The van der Waals surface area contributed by atoms with Gasteiger partial charge in [0, 0.05) is 37.6 Å². The second-order valence-corrected chi connectivity index (χ2v) is 7.81. The normalized spacial score (nSPS) is 17.0. The maximum atomic E-state index is 12.8. The number of nitrogens with one attached hydrogen (secondary N) is 1. The number of piperidine rings is 1. The molecule has 1 saturated heterocycles. The van der Waals surface area contributed by atoms with E-state index in [9.17, 15) is 4.79 Å². The Bertz CT molecular complexity index is 1080. The molecular formula is C20H21ClN6O3. The van der Waals surface area contributed by atoms with Crippen LogP contribution in [0.2, 0.25) is 5.02 Å². The first kappa shape index (κ1) is 18.9. The molecule has 0 radical (unpaired) electrons. The van der Waals surface area contributed by atoms with Gasteiger partial charge in [-0.2, -0.15) is 4.52 Å². The van der Waals surface area contributed by atoms with Crippen LogP contribution in [0.25, 0.3) is 5.65 Å². The van der Waals surface area contributed by atoms with Crippen LogP contribution in [0.5, 0.6) is 11.5 Å². The van der Waals surface area contributed by atoms with Gasteiger partial charge in [-0.05, 0) is 25.0 Å². The zero-order valence-electron chi connectivity index (χ0n) is 16.3. The number of anilines is 2. The number of hydrogen-bond acceptors (Lipinski definition) is 7. The molecule has 0 spiro atoms. The van der Waals surface area contributed by atoms with Crippen LogP contribution in [-0.4, -0.2) is 52.0 Å². The van der Waals surface area contributed by atoms with Crippen LogP contribution in [-0.2, 0) is 4.79 Å². The summed E-state index contributed by atoms with van der Waals surface area (Å²) in [5.74, 6) is 1.95. The average Bonchev–Trinajstić information content (AvgIpc) is 3.12. The minimum atomic E-state index is -0.0908. The van der Waals surface area contributed by atoms with E-state index in [4.69, 9.17) is 21.1 Å². The summed E-state index contributed by atoms with van der Waals surface area (Å²) in [5, 5.41) is 15.8. The molecule has 5 rings (SSSR count). The Hall–Kier alpha value is -3.07. The largest absolute Gasteiger partial charge is 0.490 e. The molecule has 0 saturated carbocycles. The molecule has 0 atom stereocenters. The van der Waals surface area contributed by atoms with E-state index in [0.29, 0.717) is 41.1 Å². The standard InChI is InChI=1S/C20H21ClN6O3/c21-14-10-16-17(30-9-1-8-29-16)11-15(14)23-20(28)13-4-6-26(7-5-13)19-3-2-18-24-22-12-27(18)25-19/h2-3,10-13H,1,4-9H2,(H,23,28). The first-order valence-corrected chi connectivity index (χ1v) is 10.4. The maximum Gasteiger partial charge on any atom is 0.227 e. The van der Waals surface area contributed by atoms with E-state index in [2.05, 4.69) is 25.5 Å². The van der Waals surface area contributed by atoms with Gasteiger partial charge in [-0.3, -0.25) is 4.79 Å². The highest BCUT2D eigenvalue weighted by molar-refractivity contribution is 6.34. The third-order valence-electron chi connectivity index (χ3n) is 5.43. The van der Waals surface area contributed by atoms with Crippen molar-refractivity contribution in [2.24, 2.45) is 5.92 Å². The Morgan fingerprint density at radius 1 is 1.13 bits per heavy atom. The van der Waals surface area contributed by atoms with Crippen molar-refractivity contribution in [3.8, 4) is 11.5 Å².